The van der Waals surface area contributed by atoms with Gasteiger partial charge in [0.15, 0.2) is 9.84 Å². The summed E-state index contributed by atoms with van der Waals surface area (Å²) in [5.74, 6) is 0.00204. The number of fused-ring (bicyclic) bond motifs is 1. The Hall–Kier alpha value is -1.86. The largest absolute Gasteiger partial charge is 0.329 e. The van der Waals surface area contributed by atoms with Crippen LogP contribution in [0.2, 0.25) is 0 Å². The van der Waals surface area contributed by atoms with Gasteiger partial charge in [-0.25, -0.2) is 13.2 Å². The van der Waals surface area contributed by atoms with E-state index in [0.29, 0.717) is 5.69 Å². The average Bonchev–Trinajstić information content (AvgIpc) is 2.96. The lowest BCUT2D eigenvalue weighted by atomic mass is 10.1. The maximum atomic E-state index is 13.1. The van der Waals surface area contributed by atoms with Gasteiger partial charge in [-0.1, -0.05) is 40.2 Å². The molecule has 0 bridgehead atoms. The normalized spacial score (nSPS) is 25.1. The first-order chi connectivity index (χ1) is 11.5. The van der Waals surface area contributed by atoms with E-state index in [1.165, 1.54) is 0 Å². The highest BCUT2D eigenvalue weighted by Crippen LogP contribution is 2.38. The number of para-hydroxylation sites is 1. The molecule has 0 saturated carbocycles. The van der Waals surface area contributed by atoms with Gasteiger partial charge in [-0.15, -0.1) is 0 Å². The van der Waals surface area contributed by atoms with Crippen LogP contribution in [-0.4, -0.2) is 38.0 Å². The minimum absolute atomic E-state index is 0.000741. The molecule has 124 valence electrons. The second-order valence-corrected chi connectivity index (χ2v) is 9.12. The zero-order chi connectivity index (χ0) is 16.9. The molecule has 0 spiro atoms. The minimum atomic E-state index is -3.17. The molecule has 2 fully saturated rings. The van der Waals surface area contributed by atoms with Crippen LogP contribution >= 0.6 is 15.9 Å². The van der Waals surface area contributed by atoms with E-state index < -0.39 is 9.84 Å². The molecule has 2 aromatic rings. The number of hydrogen-bond donors (Lipinski definition) is 0. The second kappa shape index (κ2) is 5.60. The molecule has 2 saturated heterocycles. The van der Waals surface area contributed by atoms with E-state index in [0.717, 1.165) is 10.2 Å². The summed E-state index contributed by atoms with van der Waals surface area (Å²) in [5.41, 5.74) is 1.44. The van der Waals surface area contributed by atoms with Gasteiger partial charge in [-0.2, -0.15) is 0 Å². The number of carbonyl (C=O) groups excluding carboxylic acids is 1. The number of sulfone groups is 1. The summed E-state index contributed by atoms with van der Waals surface area (Å²) in [6.45, 7) is 0. The van der Waals surface area contributed by atoms with Gasteiger partial charge in [0.25, 0.3) is 0 Å². The molecule has 2 aliphatic rings. The molecule has 24 heavy (non-hydrogen) atoms. The van der Waals surface area contributed by atoms with Crippen molar-refractivity contribution in [1.82, 2.24) is 0 Å². The molecule has 2 amide bonds. The summed E-state index contributed by atoms with van der Waals surface area (Å²) in [7, 11) is -3.17. The number of hydrogen-bond acceptors (Lipinski definition) is 3. The SMILES string of the molecule is O=C1N(c2cccc(Br)c2)[C@@H]2CS(=O)(=O)C[C@@H]2N1c1ccccc1. The molecule has 0 aliphatic carbocycles. The van der Waals surface area contributed by atoms with Crippen LogP contribution in [0.1, 0.15) is 0 Å². The molecule has 2 heterocycles. The highest BCUT2D eigenvalue weighted by molar-refractivity contribution is 9.10. The van der Waals surface area contributed by atoms with Gasteiger partial charge in [0.1, 0.15) is 0 Å². The Morgan fingerprint density at radius 1 is 0.875 bits per heavy atom. The molecular formula is C17H15BrN2O3S. The predicted molar refractivity (Wildman–Crippen MR) is 97.2 cm³/mol. The van der Waals surface area contributed by atoms with E-state index in [-0.39, 0.29) is 29.6 Å². The van der Waals surface area contributed by atoms with E-state index in [4.69, 9.17) is 0 Å². The van der Waals surface area contributed by atoms with Crippen LogP contribution in [0.3, 0.4) is 0 Å². The summed E-state index contributed by atoms with van der Waals surface area (Å²) in [6.07, 6.45) is 0. The first kappa shape index (κ1) is 15.7. The first-order valence-corrected chi connectivity index (χ1v) is 10.2. The lowest BCUT2D eigenvalue weighted by Gasteiger charge is -2.22. The van der Waals surface area contributed by atoms with E-state index in [1.54, 1.807) is 9.80 Å². The van der Waals surface area contributed by atoms with Gasteiger partial charge in [-0.3, -0.25) is 9.80 Å². The van der Waals surface area contributed by atoms with Crippen LogP contribution in [0.5, 0.6) is 0 Å². The van der Waals surface area contributed by atoms with E-state index in [9.17, 15) is 13.2 Å². The maximum absolute atomic E-state index is 13.1. The number of amides is 2. The number of anilines is 2. The lowest BCUT2D eigenvalue weighted by molar-refractivity contribution is 0.255. The quantitative estimate of drug-likeness (QED) is 0.720. The van der Waals surface area contributed by atoms with Gasteiger partial charge in [0, 0.05) is 15.8 Å². The molecule has 2 aromatic carbocycles. The van der Waals surface area contributed by atoms with Gasteiger partial charge in [0.2, 0.25) is 0 Å². The van der Waals surface area contributed by atoms with Crippen LogP contribution in [0.25, 0.3) is 0 Å². The number of benzene rings is 2. The van der Waals surface area contributed by atoms with Crippen molar-refractivity contribution in [2.24, 2.45) is 0 Å². The van der Waals surface area contributed by atoms with Crippen molar-refractivity contribution in [1.29, 1.82) is 0 Å². The van der Waals surface area contributed by atoms with Crippen molar-refractivity contribution in [3.63, 3.8) is 0 Å². The molecule has 4 rings (SSSR count). The van der Waals surface area contributed by atoms with Crippen molar-refractivity contribution < 1.29 is 13.2 Å². The van der Waals surface area contributed by atoms with Gasteiger partial charge < -0.3 is 0 Å². The zero-order valence-electron chi connectivity index (χ0n) is 12.7. The molecule has 2 atom stereocenters. The molecule has 0 radical (unpaired) electrons. The number of nitrogens with zero attached hydrogens (tertiary/aromatic N) is 2. The number of carbonyl (C=O) groups is 1. The van der Waals surface area contributed by atoms with Crippen molar-refractivity contribution >= 4 is 43.2 Å². The Bertz CT molecular complexity index is 901. The van der Waals surface area contributed by atoms with Crippen LogP contribution in [0, 0.1) is 0 Å². The fraction of sp³-hybridized carbons (Fsp3) is 0.235. The summed E-state index contributed by atoms with van der Waals surface area (Å²) in [4.78, 5) is 16.3. The van der Waals surface area contributed by atoms with Crippen LogP contribution in [0.4, 0.5) is 16.2 Å². The highest BCUT2D eigenvalue weighted by Gasteiger charge is 2.54. The minimum Gasteiger partial charge on any atom is -0.288 e. The Kier molecular flexibility index (Phi) is 3.65. The highest BCUT2D eigenvalue weighted by atomic mass is 79.9. The van der Waals surface area contributed by atoms with Gasteiger partial charge >= 0.3 is 6.03 Å². The van der Waals surface area contributed by atoms with Crippen LogP contribution in [0.15, 0.2) is 59.1 Å². The summed E-state index contributed by atoms with van der Waals surface area (Å²) >= 11 is 3.41. The van der Waals surface area contributed by atoms with Gasteiger partial charge in [-0.05, 0) is 30.3 Å². The zero-order valence-corrected chi connectivity index (χ0v) is 15.1. The van der Waals surface area contributed by atoms with Gasteiger partial charge in [0.05, 0.1) is 23.6 Å². The summed E-state index contributed by atoms with van der Waals surface area (Å²) < 4.78 is 25.2. The Morgan fingerprint density at radius 2 is 1.46 bits per heavy atom. The smallest absolute Gasteiger partial charge is 0.288 e. The first-order valence-electron chi connectivity index (χ1n) is 7.60. The van der Waals surface area contributed by atoms with E-state index >= 15 is 0 Å². The topological polar surface area (TPSA) is 57.7 Å². The number of halogens is 1. The predicted octanol–water partition coefficient (Wildman–Crippen LogP) is 3.06. The number of urea groups is 1. The molecule has 5 nitrogen and oxygen atoms in total. The Labute approximate surface area is 148 Å². The number of rotatable bonds is 2. The van der Waals surface area contributed by atoms with E-state index in [2.05, 4.69) is 15.9 Å². The summed E-state index contributed by atoms with van der Waals surface area (Å²) in [6, 6.07) is 15.7. The van der Waals surface area contributed by atoms with Crippen LogP contribution < -0.4 is 9.80 Å². The monoisotopic (exact) mass is 406 g/mol. The average molecular weight is 407 g/mol. The maximum Gasteiger partial charge on any atom is 0.329 e. The van der Waals surface area contributed by atoms with Crippen molar-refractivity contribution in [3.05, 3.63) is 59.1 Å². The molecule has 0 unspecified atom stereocenters. The third-order valence-corrected chi connectivity index (χ3v) is 6.68. The molecule has 0 N–H and O–H groups in total. The van der Waals surface area contributed by atoms with Crippen molar-refractivity contribution in [2.45, 2.75) is 12.1 Å². The van der Waals surface area contributed by atoms with Crippen molar-refractivity contribution in [3.8, 4) is 0 Å². The molecule has 2 aliphatic heterocycles. The fourth-order valence-corrected chi connectivity index (χ4v) is 5.83. The van der Waals surface area contributed by atoms with Crippen LogP contribution in [-0.2, 0) is 9.84 Å². The van der Waals surface area contributed by atoms with Crippen molar-refractivity contribution in [2.75, 3.05) is 21.3 Å². The molecule has 0 aromatic heterocycles. The summed E-state index contributed by atoms with van der Waals surface area (Å²) in [5, 5.41) is 0. The molecular weight excluding hydrogens is 392 g/mol. The third kappa shape index (κ3) is 2.52. The third-order valence-electron chi connectivity index (χ3n) is 4.49. The standard InChI is InChI=1S/C17H15BrN2O3S/c18-12-5-4-8-14(9-12)20-16-11-24(22,23)10-15(16)19(17(20)21)13-6-2-1-3-7-13/h1-9,15-16H,10-11H2/t15-,16+/m0/s1. The Morgan fingerprint density at radius 3 is 2.08 bits per heavy atom. The Balaban J connectivity index is 1.82. The lowest BCUT2D eigenvalue weighted by Crippen LogP contribution is -2.37. The molecule has 7 heteroatoms. The van der Waals surface area contributed by atoms with E-state index in [1.807, 2.05) is 54.6 Å². The fourth-order valence-electron chi connectivity index (χ4n) is 3.52. The second-order valence-electron chi connectivity index (χ2n) is 6.05.